The molecule has 2 aliphatic rings. The SMILES string of the molecule is C.C.CC1(C)C2=C(CCC=C2)c2ccc(-c3ccccc3)cc21. The second-order valence-electron chi connectivity index (χ2n) is 6.58. The number of rotatable bonds is 1. The van der Waals surface area contributed by atoms with Crippen molar-refractivity contribution in [2.75, 3.05) is 0 Å². The summed E-state index contributed by atoms with van der Waals surface area (Å²) in [6.07, 6.45) is 7.04. The highest BCUT2D eigenvalue weighted by atomic mass is 14.4. The first-order chi connectivity index (χ1) is 10.2. The van der Waals surface area contributed by atoms with Crippen molar-refractivity contribution < 1.29 is 0 Å². The predicted octanol–water partition coefficient (Wildman–Crippen LogP) is 7.02. The van der Waals surface area contributed by atoms with Crippen LogP contribution in [0, 0.1) is 0 Å². The lowest BCUT2D eigenvalue weighted by Crippen LogP contribution is -2.16. The van der Waals surface area contributed by atoms with Crippen LogP contribution in [-0.4, -0.2) is 0 Å². The van der Waals surface area contributed by atoms with E-state index in [0.717, 1.165) is 0 Å². The molecular weight excluding hydrogens is 276 g/mol. The highest BCUT2D eigenvalue weighted by Gasteiger charge is 2.36. The fraction of sp³-hybridized carbons (Fsp3) is 0.304. The Hall–Kier alpha value is -2.08. The summed E-state index contributed by atoms with van der Waals surface area (Å²) in [6, 6.07) is 17.7. The summed E-state index contributed by atoms with van der Waals surface area (Å²) < 4.78 is 0. The first-order valence-corrected chi connectivity index (χ1v) is 7.78. The third-order valence-corrected chi connectivity index (χ3v) is 4.97. The molecule has 0 atom stereocenters. The summed E-state index contributed by atoms with van der Waals surface area (Å²) in [5, 5.41) is 0. The maximum absolute atomic E-state index is 2.40. The molecule has 2 aliphatic carbocycles. The van der Waals surface area contributed by atoms with Gasteiger partial charge >= 0.3 is 0 Å². The summed E-state index contributed by atoms with van der Waals surface area (Å²) in [5.41, 5.74) is 8.81. The average molecular weight is 304 g/mol. The molecule has 120 valence electrons. The number of allylic oxidation sites excluding steroid dienone is 4. The first kappa shape index (κ1) is 17.3. The molecule has 0 aliphatic heterocycles. The van der Waals surface area contributed by atoms with Crippen molar-refractivity contribution in [2.45, 2.75) is 47.0 Å². The number of benzene rings is 2. The van der Waals surface area contributed by atoms with E-state index in [-0.39, 0.29) is 20.3 Å². The van der Waals surface area contributed by atoms with Gasteiger partial charge in [-0.3, -0.25) is 0 Å². The quantitative estimate of drug-likeness (QED) is 0.531. The topological polar surface area (TPSA) is 0 Å². The Balaban J connectivity index is 0.000000960. The molecule has 23 heavy (non-hydrogen) atoms. The zero-order valence-corrected chi connectivity index (χ0v) is 12.7. The minimum absolute atomic E-state index is 0. The van der Waals surface area contributed by atoms with Gasteiger partial charge in [0, 0.05) is 5.41 Å². The predicted molar refractivity (Wildman–Crippen MR) is 104 cm³/mol. The number of hydrogen-bond donors (Lipinski definition) is 0. The van der Waals surface area contributed by atoms with Gasteiger partial charge in [-0.15, -0.1) is 0 Å². The van der Waals surface area contributed by atoms with E-state index in [0.29, 0.717) is 0 Å². The van der Waals surface area contributed by atoms with E-state index in [9.17, 15) is 0 Å². The molecule has 2 aromatic carbocycles. The van der Waals surface area contributed by atoms with E-state index >= 15 is 0 Å². The molecule has 0 heteroatoms. The van der Waals surface area contributed by atoms with Gasteiger partial charge in [0.2, 0.25) is 0 Å². The summed E-state index contributed by atoms with van der Waals surface area (Å²) in [4.78, 5) is 0. The fourth-order valence-electron chi connectivity index (χ4n) is 3.81. The van der Waals surface area contributed by atoms with Gasteiger partial charge in [-0.1, -0.05) is 83.3 Å². The number of fused-ring (bicyclic) bond motifs is 2. The molecule has 0 saturated heterocycles. The van der Waals surface area contributed by atoms with Gasteiger partial charge in [-0.2, -0.15) is 0 Å². The molecule has 0 heterocycles. The Morgan fingerprint density at radius 1 is 0.870 bits per heavy atom. The molecule has 0 spiro atoms. The summed E-state index contributed by atoms with van der Waals surface area (Å²) in [6.45, 7) is 4.72. The average Bonchev–Trinajstić information content (AvgIpc) is 2.77. The van der Waals surface area contributed by atoms with Crippen LogP contribution in [0.5, 0.6) is 0 Å². The molecule has 0 fully saturated rings. The van der Waals surface area contributed by atoms with Crippen LogP contribution in [0.1, 0.15) is 52.7 Å². The molecule has 2 aromatic rings. The van der Waals surface area contributed by atoms with Gasteiger partial charge in [0.05, 0.1) is 0 Å². The Morgan fingerprint density at radius 3 is 2.35 bits per heavy atom. The molecule has 0 saturated carbocycles. The monoisotopic (exact) mass is 304 g/mol. The van der Waals surface area contributed by atoms with Gasteiger partial charge in [-0.25, -0.2) is 0 Å². The lowest BCUT2D eigenvalue weighted by Gasteiger charge is -2.24. The standard InChI is InChI=1S/C21H20.2CH4/c1-21(2)19-11-7-6-10-17(19)18-13-12-16(14-20(18)21)15-8-4-3-5-9-15;;/h3-5,7-9,11-14H,6,10H2,1-2H3;2*1H4. The van der Waals surface area contributed by atoms with Crippen molar-refractivity contribution in [3.05, 3.63) is 77.4 Å². The van der Waals surface area contributed by atoms with Gasteiger partial charge in [0.15, 0.2) is 0 Å². The van der Waals surface area contributed by atoms with Crippen LogP contribution in [0.3, 0.4) is 0 Å². The molecule has 0 radical (unpaired) electrons. The second kappa shape index (κ2) is 6.20. The van der Waals surface area contributed by atoms with E-state index in [1.807, 2.05) is 0 Å². The van der Waals surface area contributed by atoms with Gasteiger partial charge < -0.3 is 0 Å². The van der Waals surface area contributed by atoms with Crippen LogP contribution in [0.15, 0.2) is 66.3 Å². The highest BCUT2D eigenvalue weighted by molar-refractivity contribution is 5.85. The Bertz CT molecular complexity index is 758. The normalized spacial score (nSPS) is 17.0. The van der Waals surface area contributed by atoms with Crippen molar-refractivity contribution in [3.63, 3.8) is 0 Å². The van der Waals surface area contributed by atoms with Crippen LogP contribution >= 0.6 is 0 Å². The van der Waals surface area contributed by atoms with E-state index in [4.69, 9.17) is 0 Å². The summed E-state index contributed by atoms with van der Waals surface area (Å²) in [7, 11) is 0. The Kier molecular flexibility index (Phi) is 4.66. The largest absolute Gasteiger partial charge is 0.0839 e. The van der Waals surface area contributed by atoms with Crippen molar-refractivity contribution >= 4 is 5.57 Å². The zero-order valence-electron chi connectivity index (χ0n) is 12.7. The van der Waals surface area contributed by atoms with Gasteiger partial charge in [-0.05, 0) is 52.3 Å². The van der Waals surface area contributed by atoms with Crippen LogP contribution < -0.4 is 0 Å². The van der Waals surface area contributed by atoms with E-state index in [1.54, 1.807) is 5.57 Å². The highest BCUT2D eigenvalue weighted by Crippen LogP contribution is 2.50. The maximum Gasteiger partial charge on any atom is 0.0155 e. The minimum Gasteiger partial charge on any atom is -0.0839 e. The zero-order chi connectivity index (χ0) is 14.4. The Labute approximate surface area is 141 Å². The molecule has 0 nitrogen and oxygen atoms in total. The van der Waals surface area contributed by atoms with E-state index in [2.05, 4.69) is 74.5 Å². The second-order valence-corrected chi connectivity index (χ2v) is 6.58. The van der Waals surface area contributed by atoms with Gasteiger partial charge in [0.1, 0.15) is 0 Å². The van der Waals surface area contributed by atoms with Crippen molar-refractivity contribution in [1.29, 1.82) is 0 Å². The molecule has 4 rings (SSSR count). The van der Waals surface area contributed by atoms with E-state index in [1.165, 1.54) is 40.7 Å². The van der Waals surface area contributed by atoms with Crippen LogP contribution in [-0.2, 0) is 5.41 Å². The first-order valence-electron chi connectivity index (χ1n) is 7.78. The molecule has 0 amide bonds. The maximum atomic E-state index is 2.40. The molecule has 0 bridgehead atoms. The molecule has 0 unspecified atom stereocenters. The fourth-order valence-corrected chi connectivity index (χ4v) is 3.81. The van der Waals surface area contributed by atoms with Gasteiger partial charge in [0.25, 0.3) is 0 Å². The van der Waals surface area contributed by atoms with Crippen LogP contribution in [0.25, 0.3) is 16.7 Å². The van der Waals surface area contributed by atoms with Crippen LogP contribution in [0.2, 0.25) is 0 Å². The molecule has 0 N–H and O–H groups in total. The lowest BCUT2D eigenvalue weighted by molar-refractivity contribution is 0.651. The Morgan fingerprint density at radius 2 is 1.61 bits per heavy atom. The lowest BCUT2D eigenvalue weighted by atomic mass is 9.79. The van der Waals surface area contributed by atoms with Crippen molar-refractivity contribution in [2.24, 2.45) is 0 Å². The minimum atomic E-state index is 0. The summed E-state index contributed by atoms with van der Waals surface area (Å²) in [5.74, 6) is 0. The molecule has 0 aromatic heterocycles. The van der Waals surface area contributed by atoms with Crippen molar-refractivity contribution in [1.82, 2.24) is 0 Å². The third kappa shape index (κ3) is 2.57. The van der Waals surface area contributed by atoms with Crippen molar-refractivity contribution in [3.8, 4) is 11.1 Å². The van der Waals surface area contributed by atoms with E-state index < -0.39 is 0 Å². The number of hydrogen-bond acceptors (Lipinski definition) is 0. The third-order valence-electron chi connectivity index (χ3n) is 4.97. The molecular formula is C23H28. The van der Waals surface area contributed by atoms with Crippen LogP contribution in [0.4, 0.5) is 0 Å². The smallest absolute Gasteiger partial charge is 0.0155 e. The summed E-state index contributed by atoms with van der Waals surface area (Å²) >= 11 is 0.